The number of guanidine groups is 1. The molecule has 0 aromatic rings. The zero-order valence-corrected chi connectivity index (χ0v) is 14.9. The number of rotatable bonds is 10. The van der Waals surface area contributed by atoms with Crippen molar-refractivity contribution in [1.82, 2.24) is 10.6 Å². The minimum Gasteiger partial charge on any atom is -0.382 e. The molecule has 124 valence electrons. The number of ether oxygens (including phenoxy) is 1. The third-order valence-corrected chi connectivity index (χ3v) is 4.77. The number of hydrogen-bond acceptors (Lipinski definition) is 3. The third-order valence-electron chi connectivity index (χ3n) is 4.16. The van der Waals surface area contributed by atoms with E-state index in [-0.39, 0.29) is 0 Å². The van der Waals surface area contributed by atoms with Crippen molar-refractivity contribution in [3.63, 3.8) is 0 Å². The van der Waals surface area contributed by atoms with Crippen molar-refractivity contribution in [3.05, 3.63) is 0 Å². The summed E-state index contributed by atoms with van der Waals surface area (Å²) in [5.74, 6) is 2.08. The van der Waals surface area contributed by atoms with E-state index in [9.17, 15) is 0 Å². The van der Waals surface area contributed by atoms with Gasteiger partial charge in [-0.05, 0) is 44.8 Å². The number of thioether (sulfide) groups is 1. The molecule has 0 aromatic carbocycles. The molecule has 0 radical (unpaired) electrons. The highest BCUT2D eigenvalue weighted by Crippen LogP contribution is 2.41. The molecule has 0 spiro atoms. The van der Waals surface area contributed by atoms with Crippen LogP contribution in [-0.2, 0) is 4.74 Å². The molecule has 0 saturated heterocycles. The SMILES string of the molecule is CCNC(=NCC1(CCOCC)CCCC1)NCCSC. The van der Waals surface area contributed by atoms with Crippen LogP contribution in [0, 0.1) is 5.41 Å². The van der Waals surface area contributed by atoms with Crippen molar-refractivity contribution in [2.75, 3.05) is 44.9 Å². The smallest absolute Gasteiger partial charge is 0.191 e. The summed E-state index contributed by atoms with van der Waals surface area (Å²) in [6, 6.07) is 0. The van der Waals surface area contributed by atoms with Gasteiger partial charge in [0.05, 0.1) is 0 Å². The molecular weight excluding hydrogens is 282 g/mol. The maximum absolute atomic E-state index is 5.57. The lowest BCUT2D eigenvalue weighted by Gasteiger charge is -2.27. The van der Waals surface area contributed by atoms with Crippen LogP contribution in [0.25, 0.3) is 0 Å². The zero-order valence-electron chi connectivity index (χ0n) is 14.0. The van der Waals surface area contributed by atoms with E-state index >= 15 is 0 Å². The molecule has 4 nitrogen and oxygen atoms in total. The van der Waals surface area contributed by atoms with E-state index in [1.807, 2.05) is 11.8 Å². The number of nitrogens with one attached hydrogen (secondary N) is 2. The van der Waals surface area contributed by atoms with Gasteiger partial charge < -0.3 is 15.4 Å². The van der Waals surface area contributed by atoms with Gasteiger partial charge in [0.15, 0.2) is 5.96 Å². The molecule has 0 heterocycles. The molecule has 21 heavy (non-hydrogen) atoms. The average molecular weight is 316 g/mol. The molecule has 0 unspecified atom stereocenters. The Hall–Kier alpha value is -0.420. The van der Waals surface area contributed by atoms with Crippen LogP contribution >= 0.6 is 11.8 Å². The van der Waals surface area contributed by atoms with E-state index in [0.29, 0.717) is 5.41 Å². The predicted octanol–water partition coefficient (Wildman–Crippen LogP) is 2.89. The molecule has 0 atom stereocenters. The number of aliphatic imine (C=N–C) groups is 1. The predicted molar refractivity (Wildman–Crippen MR) is 94.4 cm³/mol. The van der Waals surface area contributed by atoms with Crippen LogP contribution in [0.2, 0.25) is 0 Å². The van der Waals surface area contributed by atoms with Crippen LogP contribution in [0.5, 0.6) is 0 Å². The highest BCUT2D eigenvalue weighted by atomic mass is 32.2. The fourth-order valence-corrected chi connectivity index (χ4v) is 3.21. The fraction of sp³-hybridized carbons (Fsp3) is 0.938. The van der Waals surface area contributed by atoms with Crippen molar-refractivity contribution in [3.8, 4) is 0 Å². The Balaban J connectivity index is 2.51. The van der Waals surface area contributed by atoms with Crippen molar-refractivity contribution >= 4 is 17.7 Å². The van der Waals surface area contributed by atoms with Crippen LogP contribution in [0.3, 0.4) is 0 Å². The maximum Gasteiger partial charge on any atom is 0.191 e. The first-order valence-corrected chi connectivity index (χ1v) is 9.74. The molecule has 0 aliphatic heterocycles. The van der Waals surface area contributed by atoms with Gasteiger partial charge in [-0.2, -0.15) is 11.8 Å². The Morgan fingerprint density at radius 1 is 1.24 bits per heavy atom. The molecule has 0 bridgehead atoms. The van der Waals surface area contributed by atoms with Crippen molar-refractivity contribution < 1.29 is 4.74 Å². The van der Waals surface area contributed by atoms with Gasteiger partial charge in [-0.3, -0.25) is 4.99 Å². The van der Waals surface area contributed by atoms with Gasteiger partial charge in [-0.25, -0.2) is 0 Å². The van der Waals surface area contributed by atoms with E-state index in [4.69, 9.17) is 9.73 Å². The van der Waals surface area contributed by atoms with Gasteiger partial charge in [0.1, 0.15) is 0 Å². The molecule has 0 amide bonds. The lowest BCUT2D eigenvalue weighted by atomic mass is 9.83. The first kappa shape index (κ1) is 18.6. The molecule has 2 N–H and O–H groups in total. The second-order valence-corrected chi connectivity index (χ2v) is 6.75. The van der Waals surface area contributed by atoms with Crippen LogP contribution in [-0.4, -0.2) is 50.8 Å². The first-order chi connectivity index (χ1) is 10.3. The largest absolute Gasteiger partial charge is 0.382 e. The fourth-order valence-electron chi connectivity index (χ4n) is 2.91. The Bertz CT molecular complexity index is 291. The van der Waals surface area contributed by atoms with Crippen LogP contribution in [0.15, 0.2) is 4.99 Å². The highest BCUT2D eigenvalue weighted by molar-refractivity contribution is 7.98. The van der Waals surface area contributed by atoms with Crippen molar-refractivity contribution in [1.29, 1.82) is 0 Å². The van der Waals surface area contributed by atoms with E-state index in [1.54, 1.807) is 0 Å². The van der Waals surface area contributed by atoms with Crippen molar-refractivity contribution in [2.45, 2.75) is 46.0 Å². The van der Waals surface area contributed by atoms with Gasteiger partial charge in [0.2, 0.25) is 0 Å². The van der Waals surface area contributed by atoms with Gasteiger partial charge in [0.25, 0.3) is 0 Å². The summed E-state index contributed by atoms with van der Waals surface area (Å²) in [6.45, 7) is 8.69. The maximum atomic E-state index is 5.57. The first-order valence-electron chi connectivity index (χ1n) is 8.35. The average Bonchev–Trinajstić information content (AvgIpc) is 2.95. The van der Waals surface area contributed by atoms with Crippen LogP contribution in [0.1, 0.15) is 46.0 Å². The molecule has 0 aromatic heterocycles. The van der Waals surface area contributed by atoms with E-state index < -0.39 is 0 Å². The van der Waals surface area contributed by atoms with E-state index in [0.717, 1.165) is 51.0 Å². The Morgan fingerprint density at radius 3 is 2.62 bits per heavy atom. The molecule has 1 aliphatic rings. The summed E-state index contributed by atoms with van der Waals surface area (Å²) in [6.07, 6.45) is 8.57. The molecule has 1 saturated carbocycles. The molecule has 1 fully saturated rings. The molecule has 1 aliphatic carbocycles. The quantitative estimate of drug-likeness (QED) is 0.370. The summed E-state index contributed by atoms with van der Waals surface area (Å²) in [5, 5.41) is 6.77. The highest BCUT2D eigenvalue weighted by Gasteiger charge is 2.33. The molecule has 1 rings (SSSR count). The lowest BCUT2D eigenvalue weighted by molar-refractivity contribution is 0.107. The van der Waals surface area contributed by atoms with Crippen LogP contribution in [0.4, 0.5) is 0 Å². The van der Waals surface area contributed by atoms with Gasteiger partial charge in [-0.1, -0.05) is 12.8 Å². The monoisotopic (exact) mass is 315 g/mol. The summed E-state index contributed by atoms with van der Waals surface area (Å²) < 4.78 is 5.57. The number of hydrogen-bond donors (Lipinski definition) is 2. The van der Waals surface area contributed by atoms with E-state index in [2.05, 4.69) is 30.7 Å². The lowest BCUT2D eigenvalue weighted by Crippen LogP contribution is -2.39. The minimum atomic E-state index is 0.372. The van der Waals surface area contributed by atoms with Crippen molar-refractivity contribution in [2.24, 2.45) is 10.4 Å². The molecular formula is C16H33N3OS. The zero-order chi connectivity index (χ0) is 15.4. The number of nitrogens with zero attached hydrogens (tertiary/aromatic N) is 1. The second-order valence-electron chi connectivity index (χ2n) is 5.77. The molecule has 5 heteroatoms. The normalized spacial score (nSPS) is 18.0. The second kappa shape index (κ2) is 11.2. The summed E-state index contributed by atoms with van der Waals surface area (Å²) >= 11 is 1.86. The van der Waals surface area contributed by atoms with Crippen LogP contribution < -0.4 is 10.6 Å². The van der Waals surface area contributed by atoms with E-state index in [1.165, 1.54) is 25.7 Å². The van der Waals surface area contributed by atoms with Gasteiger partial charge in [0, 0.05) is 38.6 Å². The summed E-state index contributed by atoms with van der Waals surface area (Å²) in [5.41, 5.74) is 0.372. The minimum absolute atomic E-state index is 0.372. The topological polar surface area (TPSA) is 45.7 Å². The summed E-state index contributed by atoms with van der Waals surface area (Å²) in [7, 11) is 0. The summed E-state index contributed by atoms with van der Waals surface area (Å²) in [4.78, 5) is 4.85. The Labute approximate surface area is 134 Å². The Kier molecular flexibility index (Phi) is 9.92. The van der Waals surface area contributed by atoms with Gasteiger partial charge in [-0.15, -0.1) is 0 Å². The third kappa shape index (κ3) is 7.41. The van der Waals surface area contributed by atoms with Gasteiger partial charge >= 0.3 is 0 Å². The Morgan fingerprint density at radius 2 is 2.00 bits per heavy atom. The standard InChI is InChI=1S/C16H33N3OS/c1-4-17-15(18-11-13-21-3)19-14-16(8-6-7-9-16)10-12-20-5-2/h4-14H2,1-3H3,(H2,17,18,19).